The largest absolute Gasteiger partial charge is 0.458 e. The minimum absolute atomic E-state index is 0.0702. The predicted octanol–water partition coefficient (Wildman–Crippen LogP) is 7.22. The number of ether oxygens (including phenoxy) is 2. The lowest BCUT2D eigenvalue weighted by Crippen LogP contribution is -2.25. The smallest absolute Gasteiger partial charge is 0.338 e. The number of esters is 2. The summed E-state index contributed by atoms with van der Waals surface area (Å²) >= 11 is 0. The summed E-state index contributed by atoms with van der Waals surface area (Å²) in [5.41, 5.74) is 3.19. The maximum Gasteiger partial charge on any atom is 0.338 e. The van der Waals surface area contributed by atoms with Crippen LogP contribution in [0.1, 0.15) is 96.6 Å². The van der Waals surface area contributed by atoms with Crippen LogP contribution in [0.25, 0.3) is 0 Å². The fourth-order valence-corrected chi connectivity index (χ4v) is 3.53. The number of carbonyl (C=O) groups is 2. The van der Waals surface area contributed by atoms with Crippen molar-refractivity contribution in [3.8, 4) is 0 Å². The van der Waals surface area contributed by atoms with Gasteiger partial charge in [-0.05, 0) is 51.0 Å². The van der Waals surface area contributed by atoms with E-state index in [4.69, 9.17) is 9.47 Å². The molecule has 4 heteroatoms. The van der Waals surface area contributed by atoms with Crippen molar-refractivity contribution in [1.82, 2.24) is 0 Å². The van der Waals surface area contributed by atoms with E-state index in [1.165, 1.54) is 38.5 Å². The minimum atomic E-state index is -0.446. The SMILES string of the molecule is CCCCCCCCCCC(COC(=O)c1ccc(C)cc1)OC(=O)c1ccc(C)cc1. The summed E-state index contributed by atoms with van der Waals surface area (Å²) in [6.07, 6.45) is 9.88. The topological polar surface area (TPSA) is 52.6 Å². The van der Waals surface area contributed by atoms with E-state index in [9.17, 15) is 9.59 Å². The van der Waals surface area contributed by atoms with Gasteiger partial charge in [-0.1, -0.05) is 87.3 Å². The maximum atomic E-state index is 12.6. The average molecular weight is 439 g/mol. The van der Waals surface area contributed by atoms with Crippen LogP contribution in [-0.4, -0.2) is 24.6 Å². The molecule has 1 unspecified atom stereocenters. The van der Waals surface area contributed by atoms with Crippen LogP contribution in [0.4, 0.5) is 0 Å². The Morgan fingerprint density at radius 3 is 1.69 bits per heavy atom. The van der Waals surface area contributed by atoms with Gasteiger partial charge in [-0.15, -0.1) is 0 Å². The molecule has 2 aromatic rings. The van der Waals surface area contributed by atoms with Crippen LogP contribution in [-0.2, 0) is 9.47 Å². The molecule has 0 heterocycles. The second-order valence-corrected chi connectivity index (χ2v) is 8.62. The molecular formula is C28H38O4. The Bertz CT molecular complexity index is 808. The van der Waals surface area contributed by atoms with E-state index < -0.39 is 12.1 Å². The molecule has 0 N–H and O–H groups in total. The molecule has 0 saturated heterocycles. The van der Waals surface area contributed by atoms with Crippen LogP contribution >= 0.6 is 0 Å². The zero-order chi connectivity index (χ0) is 23.2. The molecule has 4 nitrogen and oxygen atoms in total. The van der Waals surface area contributed by atoms with E-state index in [-0.39, 0.29) is 12.6 Å². The van der Waals surface area contributed by atoms with Crippen molar-refractivity contribution in [1.29, 1.82) is 0 Å². The Morgan fingerprint density at radius 1 is 0.688 bits per heavy atom. The number of aryl methyl sites for hydroxylation is 2. The van der Waals surface area contributed by atoms with Crippen molar-refractivity contribution in [2.75, 3.05) is 6.61 Å². The number of unbranched alkanes of at least 4 members (excludes halogenated alkanes) is 7. The fourth-order valence-electron chi connectivity index (χ4n) is 3.53. The highest BCUT2D eigenvalue weighted by molar-refractivity contribution is 5.90. The molecule has 32 heavy (non-hydrogen) atoms. The third kappa shape index (κ3) is 9.67. The highest BCUT2D eigenvalue weighted by Gasteiger charge is 2.19. The summed E-state index contributed by atoms with van der Waals surface area (Å²) in [5, 5.41) is 0. The van der Waals surface area contributed by atoms with Gasteiger partial charge in [0.15, 0.2) is 0 Å². The molecule has 0 saturated carbocycles. The Balaban J connectivity index is 1.86. The molecule has 0 aliphatic rings. The summed E-state index contributed by atoms with van der Waals surface area (Å²) in [6.45, 7) is 6.24. The monoisotopic (exact) mass is 438 g/mol. The number of carbonyl (C=O) groups excluding carboxylic acids is 2. The van der Waals surface area contributed by atoms with E-state index in [2.05, 4.69) is 6.92 Å². The molecule has 0 spiro atoms. The molecule has 174 valence electrons. The van der Waals surface area contributed by atoms with Crippen molar-refractivity contribution in [3.05, 3.63) is 70.8 Å². The highest BCUT2D eigenvalue weighted by Crippen LogP contribution is 2.15. The fraction of sp³-hybridized carbons (Fsp3) is 0.500. The van der Waals surface area contributed by atoms with Crippen LogP contribution in [0.5, 0.6) is 0 Å². The van der Waals surface area contributed by atoms with Crippen LogP contribution in [0.3, 0.4) is 0 Å². The quantitative estimate of drug-likeness (QED) is 0.231. The number of benzene rings is 2. The van der Waals surface area contributed by atoms with Gasteiger partial charge in [0, 0.05) is 0 Å². The Hall–Kier alpha value is -2.62. The van der Waals surface area contributed by atoms with Gasteiger partial charge in [0.2, 0.25) is 0 Å². The van der Waals surface area contributed by atoms with Crippen molar-refractivity contribution < 1.29 is 19.1 Å². The zero-order valence-electron chi connectivity index (χ0n) is 19.9. The first-order valence-corrected chi connectivity index (χ1v) is 12.0. The van der Waals surface area contributed by atoms with Gasteiger partial charge in [0.05, 0.1) is 11.1 Å². The molecule has 0 aliphatic carbocycles. The molecular weight excluding hydrogens is 400 g/mol. The van der Waals surface area contributed by atoms with Crippen molar-refractivity contribution in [3.63, 3.8) is 0 Å². The lowest BCUT2D eigenvalue weighted by Gasteiger charge is -2.18. The minimum Gasteiger partial charge on any atom is -0.458 e. The second-order valence-electron chi connectivity index (χ2n) is 8.62. The van der Waals surface area contributed by atoms with Crippen molar-refractivity contribution >= 4 is 11.9 Å². The van der Waals surface area contributed by atoms with E-state index in [0.717, 1.165) is 24.0 Å². The van der Waals surface area contributed by atoms with E-state index in [1.807, 2.05) is 38.1 Å². The molecule has 2 rings (SSSR count). The van der Waals surface area contributed by atoms with Crippen LogP contribution in [0.15, 0.2) is 48.5 Å². The maximum absolute atomic E-state index is 12.6. The van der Waals surface area contributed by atoms with Gasteiger partial charge in [0.25, 0.3) is 0 Å². The normalized spacial score (nSPS) is 11.7. The third-order valence-corrected chi connectivity index (χ3v) is 5.63. The number of hydrogen-bond acceptors (Lipinski definition) is 4. The number of hydrogen-bond donors (Lipinski definition) is 0. The molecule has 0 aliphatic heterocycles. The first-order chi connectivity index (χ1) is 15.5. The molecule has 0 amide bonds. The Labute approximate surface area is 193 Å². The summed E-state index contributed by atoms with van der Waals surface area (Å²) in [6, 6.07) is 14.6. The summed E-state index contributed by atoms with van der Waals surface area (Å²) in [5.74, 6) is -0.766. The van der Waals surface area contributed by atoms with Crippen LogP contribution in [0, 0.1) is 13.8 Å². The standard InChI is InChI=1S/C28H38O4/c1-4-5-6-7-8-9-10-11-12-26(32-28(30)25-19-15-23(3)16-20-25)21-31-27(29)24-17-13-22(2)14-18-24/h13-20,26H,4-12,21H2,1-3H3. The lowest BCUT2D eigenvalue weighted by atomic mass is 10.1. The molecule has 0 bridgehead atoms. The van der Waals surface area contributed by atoms with Gasteiger partial charge in [-0.3, -0.25) is 0 Å². The van der Waals surface area contributed by atoms with E-state index in [0.29, 0.717) is 17.5 Å². The number of rotatable bonds is 14. The molecule has 1 atom stereocenters. The predicted molar refractivity (Wildman–Crippen MR) is 129 cm³/mol. The van der Waals surface area contributed by atoms with Gasteiger partial charge in [-0.25, -0.2) is 9.59 Å². The zero-order valence-corrected chi connectivity index (χ0v) is 19.9. The van der Waals surface area contributed by atoms with Crippen LogP contribution < -0.4 is 0 Å². The van der Waals surface area contributed by atoms with Gasteiger partial charge < -0.3 is 9.47 Å². The summed E-state index contributed by atoms with van der Waals surface area (Å²) < 4.78 is 11.2. The van der Waals surface area contributed by atoms with E-state index in [1.54, 1.807) is 24.3 Å². The molecule has 0 fully saturated rings. The average Bonchev–Trinajstić information content (AvgIpc) is 2.79. The van der Waals surface area contributed by atoms with Crippen LogP contribution in [0.2, 0.25) is 0 Å². The lowest BCUT2D eigenvalue weighted by molar-refractivity contribution is -0.00341. The highest BCUT2D eigenvalue weighted by atomic mass is 16.6. The molecule has 0 radical (unpaired) electrons. The molecule has 0 aromatic heterocycles. The van der Waals surface area contributed by atoms with Crippen molar-refractivity contribution in [2.24, 2.45) is 0 Å². The summed E-state index contributed by atoms with van der Waals surface area (Å²) in [4.78, 5) is 25.0. The first-order valence-electron chi connectivity index (χ1n) is 12.0. The van der Waals surface area contributed by atoms with Gasteiger partial charge in [0.1, 0.15) is 12.7 Å². The third-order valence-electron chi connectivity index (χ3n) is 5.63. The Morgan fingerprint density at radius 2 is 1.16 bits per heavy atom. The van der Waals surface area contributed by atoms with Gasteiger partial charge >= 0.3 is 11.9 Å². The van der Waals surface area contributed by atoms with Gasteiger partial charge in [-0.2, -0.15) is 0 Å². The summed E-state index contributed by atoms with van der Waals surface area (Å²) in [7, 11) is 0. The second kappa shape index (κ2) is 14.4. The first kappa shape index (κ1) is 25.6. The molecule has 2 aromatic carbocycles. The van der Waals surface area contributed by atoms with Crippen molar-refractivity contribution in [2.45, 2.75) is 84.7 Å². The Kier molecular flexibility index (Phi) is 11.6. The van der Waals surface area contributed by atoms with E-state index >= 15 is 0 Å².